The molecule has 0 saturated carbocycles. The van der Waals surface area contributed by atoms with Gasteiger partial charge >= 0.3 is 0 Å². The lowest BCUT2D eigenvalue weighted by atomic mass is 10.1. The van der Waals surface area contributed by atoms with E-state index in [9.17, 15) is 0 Å². The zero-order valence-electron chi connectivity index (χ0n) is 11.5. The van der Waals surface area contributed by atoms with Gasteiger partial charge in [0.15, 0.2) is 0 Å². The minimum absolute atomic E-state index is 0.588. The normalized spacial score (nSPS) is 10.4. The average Bonchev–Trinajstić information content (AvgIpc) is 2.49. The first-order chi connectivity index (χ1) is 9.35. The van der Waals surface area contributed by atoms with Gasteiger partial charge in [-0.25, -0.2) is 0 Å². The summed E-state index contributed by atoms with van der Waals surface area (Å²) in [6, 6.07) is 19.0. The van der Waals surface area contributed by atoms with Crippen LogP contribution in [0.15, 0.2) is 54.6 Å². The van der Waals surface area contributed by atoms with E-state index in [-0.39, 0.29) is 0 Å². The summed E-state index contributed by atoms with van der Waals surface area (Å²) < 4.78 is 0. The second-order valence-corrected chi connectivity index (χ2v) is 4.71. The number of nitrogens with two attached hydrogens (primary N) is 1. The maximum Gasteiger partial charge on any atom is 0.0413 e. The number of para-hydroxylation sites is 1. The van der Waals surface area contributed by atoms with E-state index in [4.69, 9.17) is 5.73 Å². The summed E-state index contributed by atoms with van der Waals surface area (Å²) in [5.74, 6) is 0. The van der Waals surface area contributed by atoms with Crippen LogP contribution in [0.25, 0.3) is 0 Å². The van der Waals surface area contributed by atoms with Gasteiger partial charge in [0.2, 0.25) is 0 Å². The molecule has 0 fully saturated rings. The average molecular weight is 254 g/mol. The molecule has 0 bridgehead atoms. The smallest absolute Gasteiger partial charge is 0.0413 e. The van der Waals surface area contributed by atoms with E-state index in [1.807, 2.05) is 0 Å². The van der Waals surface area contributed by atoms with E-state index in [1.54, 1.807) is 0 Å². The van der Waals surface area contributed by atoms with Gasteiger partial charge in [-0.05, 0) is 36.2 Å². The summed E-state index contributed by atoms with van der Waals surface area (Å²) >= 11 is 0. The molecule has 2 heteroatoms. The predicted molar refractivity (Wildman–Crippen MR) is 82.7 cm³/mol. The zero-order valence-corrected chi connectivity index (χ0v) is 11.5. The fourth-order valence-electron chi connectivity index (χ4n) is 2.18. The number of anilines is 2. The number of rotatable bonds is 6. The molecule has 0 aliphatic rings. The molecule has 2 nitrogen and oxygen atoms in total. The van der Waals surface area contributed by atoms with Gasteiger partial charge in [-0.3, -0.25) is 0 Å². The van der Waals surface area contributed by atoms with Gasteiger partial charge in [0.05, 0.1) is 0 Å². The number of unbranched alkanes of at least 4 members (excludes halogenated alkanes) is 1. The van der Waals surface area contributed by atoms with Gasteiger partial charge in [0, 0.05) is 24.5 Å². The molecule has 100 valence electrons. The molecule has 2 aromatic carbocycles. The number of nitrogens with zero attached hydrogens (tertiary/aromatic N) is 1. The topological polar surface area (TPSA) is 29.3 Å². The first-order valence-corrected chi connectivity index (χ1v) is 6.96. The number of hydrogen-bond acceptors (Lipinski definition) is 2. The molecule has 2 aromatic rings. The van der Waals surface area contributed by atoms with Crippen LogP contribution in [0.2, 0.25) is 0 Å². The predicted octanol–water partition coefficient (Wildman–Crippen LogP) is 4.08. The molecule has 0 spiro atoms. The molecule has 0 unspecified atom stereocenters. The van der Waals surface area contributed by atoms with Gasteiger partial charge in [-0.15, -0.1) is 0 Å². The van der Waals surface area contributed by atoms with E-state index >= 15 is 0 Å². The zero-order chi connectivity index (χ0) is 13.5. The Morgan fingerprint density at radius 1 is 0.947 bits per heavy atom. The lowest BCUT2D eigenvalue weighted by Crippen LogP contribution is -2.18. The minimum atomic E-state index is 0.588. The monoisotopic (exact) mass is 254 g/mol. The molecular formula is C17H22N2. The van der Waals surface area contributed by atoms with Crippen molar-refractivity contribution in [3.05, 3.63) is 60.2 Å². The second kappa shape index (κ2) is 6.95. The van der Waals surface area contributed by atoms with E-state index < -0.39 is 0 Å². The molecule has 2 rings (SSSR count). The Bertz CT molecular complexity index is 494. The van der Waals surface area contributed by atoms with Crippen LogP contribution >= 0.6 is 0 Å². The fraction of sp³-hybridized carbons (Fsp3) is 0.294. The Balaban J connectivity index is 2.31. The van der Waals surface area contributed by atoms with Gasteiger partial charge in [-0.1, -0.05) is 43.7 Å². The second-order valence-electron chi connectivity index (χ2n) is 4.71. The summed E-state index contributed by atoms with van der Waals surface area (Å²) in [6.45, 7) is 3.85. The molecule has 19 heavy (non-hydrogen) atoms. The molecule has 0 saturated heterocycles. The maximum atomic E-state index is 5.74. The van der Waals surface area contributed by atoms with Crippen molar-refractivity contribution in [2.75, 3.05) is 11.4 Å². The largest absolute Gasteiger partial charge is 0.341 e. The van der Waals surface area contributed by atoms with E-state index in [0.29, 0.717) is 6.54 Å². The first kappa shape index (κ1) is 13.6. The Hall–Kier alpha value is -1.80. The highest BCUT2D eigenvalue weighted by atomic mass is 15.1. The van der Waals surface area contributed by atoms with Crippen LogP contribution in [0.5, 0.6) is 0 Å². The van der Waals surface area contributed by atoms with Gasteiger partial charge < -0.3 is 10.6 Å². The number of hydrogen-bond donors (Lipinski definition) is 1. The lowest BCUT2D eigenvalue weighted by Gasteiger charge is -2.25. The Kier molecular flexibility index (Phi) is 4.99. The molecule has 2 N–H and O–H groups in total. The quantitative estimate of drug-likeness (QED) is 0.841. The third-order valence-corrected chi connectivity index (χ3v) is 3.26. The van der Waals surface area contributed by atoms with Crippen LogP contribution in [0.3, 0.4) is 0 Å². The molecule has 0 aromatic heterocycles. The standard InChI is InChI=1S/C17H22N2/c1-2-3-12-19(16-9-5-4-6-10-16)17-11-7-8-15(13-17)14-18/h4-11,13H,2-3,12,14,18H2,1H3. The van der Waals surface area contributed by atoms with Crippen LogP contribution in [0.4, 0.5) is 11.4 Å². The van der Waals surface area contributed by atoms with Crippen molar-refractivity contribution >= 4 is 11.4 Å². The van der Waals surface area contributed by atoms with Crippen molar-refractivity contribution in [1.82, 2.24) is 0 Å². The SMILES string of the molecule is CCCCN(c1ccccc1)c1cccc(CN)c1. The Labute approximate surface area is 115 Å². The highest BCUT2D eigenvalue weighted by Gasteiger charge is 2.08. The van der Waals surface area contributed by atoms with Crippen LogP contribution in [0.1, 0.15) is 25.3 Å². The van der Waals surface area contributed by atoms with Crippen LogP contribution < -0.4 is 10.6 Å². The molecule has 0 aliphatic carbocycles. The molecule has 0 amide bonds. The molecule has 0 atom stereocenters. The summed E-state index contributed by atoms with van der Waals surface area (Å²) in [5.41, 5.74) is 9.38. The van der Waals surface area contributed by atoms with Crippen molar-refractivity contribution in [1.29, 1.82) is 0 Å². The third kappa shape index (κ3) is 3.58. The highest BCUT2D eigenvalue weighted by Crippen LogP contribution is 2.26. The van der Waals surface area contributed by atoms with E-state index in [1.165, 1.54) is 29.8 Å². The highest BCUT2D eigenvalue weighted by molar-refractivity contribution is 5.63. The Morgan fingerprint density at radius 2 is 1.68 bits per heavy atom. The summed E-state index contributed by atoms with van der Waals surface area (Å²) in [7, 11) is 0. The van der Waals surface area contributed by atoms with Crippen LogP contribution in [-0.4, -0.2) is 6.54 Å². The summed E-state index contributed by atoms with van der Waals surface area (Å²) in [6.07, 6.45) is 2.38. The van der Waals surface area contributed by atoms with Crippen LogP contribution in [-0.2, 0) is 6.54 Å². The minimum Gasteiger partial charge on any atom is -0.341 e. The molecule has 0 radical (unpaired) electrons. The molecule has 0 heterocycles. The molecule has 0 aliphatic heterocycles. The maximum absolute atomic E-state index is 5.74. The van der Waals surface area contributed by atoms with Crippen molar-refractivity contribution in [2.45, 2.75) is 26.3 Å². The fourth-order valence-corrected chi connectivity index (χ4v) is 2.18. The summed E-state index contributed by atoms with van der Waals surface area (Å²) in [4.78, 5) is 2.36. The van der Waals surface area contributed by atoms with E-state index in [2.05, 4.69) is 66.4 Å². The van der Waals surface area contributed by atoms with Gasteiger partial charge in [-0.2, -0.15) is 0 Å². The third-order valence-electron chi connectivity index (χ3n) is 3.26. The lowest BCUT2D eigenvalue weighted by molar-refractivity contribution is 0.785. The van der Waals surface area contributed by atoms with Crippen molar-refractivity contribution in [2.24, 2.45) is 5.73 Å². The summed E-state index contributed by atoms with van der Waals surface area (Å²) in [5, 5.41) is 0. The van der Waals surface area contributed by atoms with Crippen molar-refractivity contribution < 1.29 is 0 Å². The molecular weight excluding hydrogens is 232 g/mol. The van der Waals surface area contributed by atoms with Gasteiger partial charge in [0.25, 0.3) is 0 Å². The van der Waals surface area contributed by atoms with Gasteiger partial charge in [0.1, 0.15) is 0 Å². The van der Waals surface area contributed by atoms with Crippen molar-refractivity contribution in [3.8, 4) is 0 Å². The van der Waals surface area contributed by atoms with Crippen molar-refractivity contribution in [3.63, 3.8) is 0 Å². The first-order valence-electron chi connectivity index (χ1n) is 6.96. The number of benzene rings is 2. The van der Waals surface area contributed by atoms with E-state index in [0.717, 1.165) is 6.54 Å². The van der Waals surface area contributed by atoms with Crippen LogP contribution in [0, 0.1) is 0 Å². The Morgan fingerprint density at radius 3 is 2.37 bits per heavy atom.